The molecule has 182 valence electrons. The van der Waals surface area contributed by atoms with Crippen LogP contribution in [0.4, 0.5) is 11.4 Å². The van der Waals surface area contributed by atoms with Crippen molar-refractivity contribution in [3.8, 4) is 5.75 Å². The lowest BCUT2D eigenvalue weighted by Crippen LogP contribution is -2.48. The second kappa shape index (κ2) is 9.66. The first-order chi connectivity index (χ1) is 16.9. The lowest BCUT2D eigenvalue weighted by Gasteiger charge is -2.37. The molecule has 7 nitrogen and oxygen atoms in total. The number of benzene rings is 2. The van der Waals surface area contributed by atoms with Gasteiger partial charge in [-0.3, -0.25) is 24.4 Å². The largest absolute Gasteiger partial charge is 0.481 e. The lowest BCUT2D eigenvalue weighted by molar-refractivity contribution is -0.125. The van der Waals surface area contributed by atoms with E-state index in [9.17, 15) is 9.59 Å². The molecule has 1 fully saturated rings. The number of amides is 1. The van der Waals surface area contributed by atoms with E-state index in [2.05, 4.69) is 51.2 Å². The third-order valence-electron chi connectivity index (χ3n) is 7.18. The van der Waals surface area contributed by atoms with Gasteiger partial charge in [0.1, 0.15) is 5.75 Å². The zero-order chi connectivity index (χ0) is 24.5. The molecular weight excluding hydrogens is 440 g/mol. The van der Waals surface area contributed by atoms with Gasteiger partial charge in [0, 0.05) is 49.5 Å². The molecule has 2 aliphatic heterocycles. The van der Waals surface area contributed by atoms with Crippen molar-refractivity contribution in [2.75, 3.05) is 49.1 Å². The number of anilines is 2. The Morgan fingerprint density at radius 1 is 1.03 bits per heavy atom. The van der Waals surface area contributed by atoms with Gasteiger partial charge in [-0.05, 0) is 63.1 Å². The van der Waals surface area contributed by atoms with Gasteiger partial charge in [-0.2, -0.15) is 0 Å². The number of aromatic nitrogens is 1. The number of Topliss-reactive ketones (excluding diaryl/α,β-unsaturated/α-hetero) is 1. The first-order valence-electron chi connectivity index (χ1n) is 12.3. The summed E-state index contributed by atoms with van der Waals surface area (Å²) in [7, 11) is 0. The Kier molecular flexibility index (Phi) is 6.43. The molecule has 1 saturated heterocycles. The maximum absolute atomic E-state index is 12.5. The molecule has 0 saturated carbocycles. The molecular formula is C28H32N4O3. The number of fused-ring (bicyclic) bond motifs is 2. The molecule has 0 N–H and O–H groups in total. The molecule has 7 heteroatoms. The lowest BCUT2D eigenvalue weighted by atomic mass is 10.0. The molecule has 2 aromatic carbocycles. The van der Waals surface area contributed by atoms with Gasteiger partial charge in [0.2, 0.25) is 0 Å². The van der Waals surface area contributed by atoms with Gasteiger partial charge < -0.3 is 9.64 Å². The fraction of sp³-hybridized carbons (Fsp3) is 0.393. The average molecular weight is 473 g/mol. The zero-order valence-electron chi connectivity index (χ0n) is 20.7. The number of piperazine rings is 1. The molecule has 0 aliphatic carbocycles. The van der Waals surface area contributed by atoms with Crippen LogP contribution in [0.1, 0.15) is 25.1 Å². The van der Waals surface area contributed by atoms with E-state index in [0.717, 1.165) is 61.7 Å². The summed E-state index contributed by atoms with van der Waals surface area (Å²) in [6.45, 7) is 10.1. The number of hydrogen-bond acceptors (Lipinski definition) is 6. The summed E-state index contributed by atoms with van der Waals surface area (Å²) in [5.74, 6) is 0.524. The first-order valence-corrected chi connectivity index (χ1v) is 12.3. The highest BCUT2D eigenvalue weighted by Gasteiger charge is 2.32. The minimum absolute atomic E-state index is 0.0281. The van der Waals surface area contributed by atoms with Crippen LogP contribution in [0, 0.1) is 6.92 Å². The van der Waals surface area contributed by atoms with Crippen LogP contribution in [-0.4, -0.2) is 66.9 Å². The fourth-order valence-corrected chi connectivity index (χ4v) is 5.08. The summed E-state index contributed by atoms with van der Waals surface area (Å²) in [5.41, 5.74) is 5.12. The molecule has 5 rings (SSSR count). The number of carbonyl (C=O) groups excluding carboxylic acids is 2. The van der Waals surface area contributed by atoms with Crippen LogP contribution in [-0.2, 0) is 16.0 Å². The number of hydrogen-bond donors (Lipinski definition) is 0. The topological polar surface area (TPSA) is 66.0 Å². The summed E-state index contributed by atoms with van der Waals surface area (Å²) in [4.78, 5) is 35.7. The Balaban J connectivity index is 1.25. The summed E-state index contributed by atoms with van der Waals surface area (Å²) >= 11 is 0. The van der Waals surface area contributed by atoms with Crippen molar-refractivity contribution >= 4 is 34.0 Å². The molecule has 35 heavy (non-hydrogen) atoms. The van der Waals surface area contributed by atoms with Crippen LogP contribution >= 0.6 is 0 Å². The van der Waals surface area contributed by atoms with Crippen LogP contribution in [0.25, 0.3) is 10.9 Å². The van der Waals surface area contributed by atoms with E-state index in [1.54, 1.807) is 11.8 Å². The molecule has 3 aromatic rings. The average Bonchev–Trinajstić information content (AvgIpc) is 2.86. The Morgan fingerprint density at radius 2 is 1.77 bits per heavy atom. The highest BCUT2D eigenvalue weighted by molar-refractivity contribution is 6.03. The number of pyridine rings is 1. The van der Waals surface area contributed by atoms with Gasteiger partial charge in [0.15, 0.2) is 12.4 Å². The SMILES string of the molecule is CC(=O)C(C)N1C(=O)COc2c(CCN3CCN(c4cccc5nc(C)ccc45)CC3)cccc21. The van der Waals surface area contributed by atoms with Gasteiger partial charge in [-0.25, -0.2) is 0 Å². The summed E-state index contributed by atoms with van der Waals surface area (Å²) < 4.78 is 5.86. The maximum atomic E-state index is 12.5. The number of nitrogens with zero attached hydrogens (tertiary/aromatic N) is 4. The highest BCUT2D eigenvalue weighted by Crippen LogP contribution is 2.37. The molecule has 2 aliphatic rings. The second-order valence-electron chi connectivity index (χ2n) is 9.48. The van der Waals surface area contributed by atoms with Crippen molar-refractivity contribution in [1.82, 2.24) is 9.88 Å². The Labute approximate surface area is 206 Å². The maximum Gasteiger partial charge on any atom is 0.265 e. The van der Waals surface area contributed by atoms with Crippen molar-refractivity contribution in [2.45, 2.75) is 33.2 Å². The summed E-state index contributed by atoms with van der Waals surface area (Å²) in [5, 5.41) is 1.21. The van der Waals surface area contributed by atoms with E-state index in [-0.39, 0.29) is 18.3 Å². The standard InChI is InChI=1S/C28H32N4O3/c1-19-10-11-23-24(29-19)7-5-8-25(23)31-16-14-30(15-17-31)13-12-22-6-4-9-26-28(22)35-18-27(34)32(26)20(2)21(3)33/h4-11,20H,12-18H2,1-3H3. The Bertz CT molecular complexity index is 1270. The smallest absolute Gasteiger partial charge is 0.265 e. The molecule has 3 heterocycles. The van der Waals surface area contributed by atoms with Crippen LogP contribution in [0.15, 0.2) is 48.5 Å². The molecule has 0 spiro atoms. The predicted molar refractivity (Wildman–Crippen MR) is 138 cm³/mol. The van der Waals surface area contributed by atoms with Crippen molar-refractivity contribution in [3.63, 3.8) is 0 Å². The summed E-state index contributed by atoms with van der Waals surface area (Å²) in [6, 6.07) is 16.0. The van der Waals surface area contributed by atoms with Gasteiger partial charge >= 0.3 is 0 Å². The van der Waals surface area contributed by atoms with Crippen LogP contribution in [0.2, 0.25) is 0 Å². The van der Waals surface area contributed by atoms with E-state index >= 15 is 0 Å². The molecule has 0 radical (unpaired) electrons. The third kappa shape index (κ3) is 4.60. The fourth-order valence-electron chi connectivity index (χ4n) is 5.08. The third-order valence-corrected chi connectivity index (χ3v) is 7.18. The minimum atomic E-state index is -0.498. The first kappa shape index (κ1) is 23.3. The predicted octanol–water partition coefficient (Wildman–Crippen LogP) is 3.61. The number of ether oxygens (including phenoxy) is 1. The van der Waals surface area contributed by atoms with E-state index in [0.29, 0.717) is 5.69 Å². The van der Waals surface area contributed by atoms with Gasteiger partial charge in [0.25, 0.3) is 5.91 Å². The minimum Gasteiger partial charge on any atom is -0.481 e. The van der Waals surface area contributed by atoms with Crippen molar-refractivity contribution in [2.24, 2.45) is 0 Å². The van der Waals surface area contributed by atoms with E-state index in [1.807, 2.05) is 19.1 Å². The van der Waals surface area contributed by atoms with Crippen molar-refractivity contribution in [1.29, 1.82) is 0 Å². The van der Waals surface area contributed by atoms with Crippen molar-refractivity contribution < 1.29 is 14.3 Å². The second-order valence-corrected chi connectivity index (χ2v) is 9.48. The van der Waals surface area contributed by atoms with Gasteiger partial charge in [0.05, 0.1) is 17.2 Å². The number of carbonyl (C=O) groups is 2. The van der Waals surface area contributed by atoms with Crippen LogP contribution in [0.5, 0.6) is 5.75 Å². The zero-order valence-corrected chi connectivity index (χ0v) is 20.7. The molecule has 0 bridgehead atoms. The quantitative estimate of drug-likeness (QED) is 0.546. The summed E-state index contributed by atoms with van der Waals surface area (Å²) in [6.07, 6.45) is 0.830. The highest BCUT2D eigenvalue weighted by atomic mass is 16.5. The van der Waals surface area contributed by atoms with Crippen LogP contribution in [0.3, 0.4) is 0 Å². The van der Waals surface area contributed by atoms with Gasteiger partial charge in [-0.15, -0.1) is 0 Å². The molecule has 1 amide bonds. The van der Waals surface area contributed by atoms with E-state index in [1.165, 1.54) is 18.0 Å². The number of aryl methyl sites for hydroxylation is 1. The normalized spacial score (nSPS) is 17.3. The molecule has 1 aromatic heterocycles. The Morgan fingerprint density at radius 3 is 2.54 bits per heavy atom. The van der Waals surface area contributed by atoms with Gasteiger partial charge in [-0.1, -0.05) is 18.2 Å². The number of rotatable bonds is 6. The van der Waals surface area contributed by atoms with E-state index < -0.39 is 6.04 Å². The molecule has 1 atom stereocenters. The Hall–Kier alpha value is -3.45. The monoisotopic (exact) mass is 472 g/mol. The number of ketones is 1. The van der Waals surface area contributed by atoms with Crippen molar-refractivity contribution in [3.05, 3.63) is 59.8 Å². The van der Waals surface area contributed by atoms with Crippen LogP contribution < -0.4 is 14.5 Å². The molecule has 1 unspecified atom stereocenters. The van der Waals surface area contributed by atoms with E-state index in [4.69, 9.17) is 4.74 Å². The number of para-hydroxylation sites is 1.